The number of hydrazine groups is 1. The van der Waals surface area contributed by atoms with Crippen molar-refractivity contribution in [2.75, 3.05) is 25.0 Å². The third-order valence-corrected chi connectivity index (χ3v) is 5.88. The maximum absolute atomic E-state index is 13.2. The van der Waals surface area contributed by atoms with Gasteiger partial charge in [0.15, 0.2) is 5.11 Å². The van der Waals surface area contributed by atoms with Crippen molar-refractivity contribution in [1.29, 1.82) is 0 Å². The summed E-state index contributed by atoms with van der Waals surface area (Å²) < 4.78 is 18.2. The second-order valence-electron chi connectivity index (χ2n) is 7.65. The minimum atomic E-state index is -0.385. The molecule has 1 amide bonds. The van der Waals surface area contributed by atoms with Crippen molar-refractivity contribution >= 4 is 46.5 Å². The summed E-state index contributed by atoms with van der Waals surface area (Å²) in [7, 11) is 0. The first-order chi connectivity index (χ1) is 15.9. The molecule has 0 saturated carbocycles. The highest BCUT2D eigenvalue weighted by Gasteiger charge is 2.25. The molecular formula is C23H26ClFN4O3S. The lowest BCUT2D eigenvalue weighted by Crippen LogP contribution is -2.48. The number of thiocarbonyl (C=S) groups is 1. The Morgan fingerprint density at radius 1 is 1.15 bits per heavy atom. The van der Waals surface area contributed by atoms with Crippen LogP contribution in [0, 0.1) is 11.7 Å². The number of likely N-dealkylation sites (tertiary alicyclic amines) is 1. The smallest absolute Gasteiger partial charge is 0.338 e. The Labute approximate surface area is 202 Å². The quantitative estimate of drug-likeness (QED) is 0.320. The Kier molecular flexibility index (Phi) is 8.99. The van der Waals surface area contributed by atoms with E-state index in [0.29, 0.717) is 42.3 Å². The van der Waals surface area contributed by atoms with Gasteiger partial charge in [0.1, 0.15) is 5.82 Å². The van der Waals surface area contributed by atoms with Crippen molar-refractivity contribution < 1.29 is 18.7 Å². The minimum Gasteiger partial charge on any atom is -0.462 e. The first-order valence-corrected chi connectivity index (χ1v) is 11.4. The summed E-state index contributed by atoms with van der Waals surface area (Å²) in [5.74, 6) is -1.00. The maximum atomic E-state index is 13.2. The summed E-state index contributed by atoms with van der Waals surface area (Å²) in [4.78, 5) is 26.4. The Morgan fingerprint density at radius 3 is 2.48 bits per heavy atom. The molecule has 3 rings (SSSR count). The van der Waals surface area contributed by atoms with E-state index in [1.165, 1.54) is 12.1 Å². The van der Waals surface area contributed by atoms with E-state index in [0.717, 1.165) is 18.7 Å². The van der Waals surface area contributed by atoms with Gasteiger partial charge < -0.3 is 10.1 Å². The van der Waals surface area contributed by atoms with Crippen LogP contribution in [0.2, 0.25) is 5.02 Å². The number of hydrogen-bond acceptors (Lipinski definition) is 5. The molecule has 1 aliphatic heterocycles. The predicted molar refractivity (Wildman–Crippen MR) is 129 cm³/mol. The van der Waals surface area contributed by atoms with Crippen LogP contribution in [0.15, 0.2) is 42.5 Å². The zero-order chi connectivity index (χ0) is 23.8. The average molecular weight is 493 g/mol. The number of nitrogens with zero attached hydrogens (tertiary/aromatic N) is 1. The molecule has 0 spiro atoms. The molecule has 3 N–H and O–H groups in total. The number of piperidine rings is 1. The van der Waals surface area contributed by atoms with E-state index in [4.69, 9.17) is 28.6 Å². The largest absolute Gasteiger partial charge is 0.462 e. The van der Waals surface area contributed by atoms with Gasteiger partial charge in [0.05, 0.1) is 12.2 Å². The molecule has 33 heavy (non-hydrogen) atoms. The number of rotatable bonds is 6. The van der Waals surface area contributed by atoms with Crippen LogP contribution in [0.3, 0.4) is 0 Å². The number of nitrogens with one attached hydrogen (secondary N) is 3. The minimum absolute atomic E-state index is 0.128. The zero-order valence-electron chi connectivity index (χ0n) is 18.2. The number of amides is 1. The van der Waals surface area contributed by atoms with Crippen LogP contribution < -0.4 is 16.2 Å². The molecule has 0 unspecified atom stereocenters. The molecule has 1 aliphatic rings. The van der Waals surface area contributed by atoms with Gasteiger partial charge in [-0.1, -0.05) is 17.7 Å². The number of halogens is 2. The van der Waals surface area contributed by atoms with Crippen molar-refractivity contribution in [3.63, 3.8) is 0 Å². The van der Waals surface area contributed by atoms with E-state index < -0.39 is 0 Å². The number of anilines is 1. The molecule has 1 fully saturated rings. The van der Waals surface area contributed by atoms with Crippen molar-refractivity contribution in [3.05, 3.63) is 64.4 Å². The van der Waals surface area contributed by atoms with E-state index >= 15 is 0 Å². The van der Waals surface area contributed by atoms with Crippen LogP contribution in [0.1, 0.15) is 35.7 Å². The molecule has 2 aromatic rings. The number of esters is 1. The number of ether oxygens (including phenoxy) is 1. The van der Waals surface area contributed by atoms with Crippen LogP contribution in [0.4, 0.5) is 10.1 Å². The molecule has 176 valence electrons. The number of carbonyl (C=O) groups excluding carboxylic acids is 2. The first-order valence-electron chi connectivity index (χ1n) is 10.7. The van der Waals surface area contributed by atoms with Crippen LogP contribution in [0.25, 0.3) is 0 Å². The molecule has 7 nitrogen and oxygen atoms in total. The van der Waals surface area contributed by atoms with Gasteiger partial charge >= 0.3 is 5.97 Å². The van der Waals surface area contributed by atoms with Crippen LogP contribution in [-0.2, 0) is 16.1 Å². The summed E-state index contributed by atoms with van der Waals surface area (Å²) in [6.07, 6.45) is 1.39. The first kappa shape index (κ1) is 24.9. The molecule has 0 aliphatic carbocycles. The SMILES string of the molecule is CCOC(=O)c1ccc(NC(=S)NNC(=O)C2CCN(Cc3ccc(F)cc3Cl)CC2)cc1. The molecule has 1 heterocycles. The Morgan fingerprint density at radius 2 is 1.85 bits per heavy atom. The number of hydrogen-bond donors (Lipinski definition) is 3. The second-order valence-corrected chi connectivity index (χ2v) is 8.47. The maximum Gasteiger partial charge on any atom is 0.338 e. The van der Waals surface area contributed by atoms with Gasteiger partial charge in [0.2, 0.25) is 5.91 Å². The van der Waals surface area contributed by atoms with Crippen molar-refractivity contribution in [2.24, 2.45) is 5.92 Å². The van der Waals surface area contributed by atoms with E-state index in [2.05, 4.69) is 21.1 Å². The highest BCUT2D eigenvalue weighted by molar-refractivity contribution is 7.80. The van der Waals surface area contributed by atoms with Gasteiger partial charge in [-0.2, -0.15) is 0 Å². The van der Waals surface area contributed by atoms with Gasteiger partial charge in [0.25, 0.3) is 0 Å². The fourth-order valence-corrected chi connectivity index (χ4v) is 3.93. The third-order valence-electron chi connectivity index (χ3n) is 5.32. The molecule has 1 saturated heterocycles. The van der Waals surface area contributed by atoms with E-state index in [9.17, 15) is 14.0 Å². The van der Waals surface area contributed by atoms with Crippen molar-refractivity contribution in [2.45, 2.75) is 26.3 Å². The summed E-state index contributed by atoms with van der Waals surface area (Å²) in [5, 5.41) is 3.59. The van der Waals surface area contributed by atoms with Crippen LogP contribution in [0.5, 0.6) is 0 Å². The van der Waals surface area contributed by atoms with Gasteiger partial charge in [-0.3, -0.25) is 20.5 Å². The highest BCUT2D eigenvalue weighted by atomic mass is 35.5. The molecule has 0 bridgehead atoms. The van der Waals surface area contributed by atoms with E-state index in [1.54, 1.807) is 37.3 Å². The molecule has 0 aromatic heterocycles. The molecule has 0 radical (unpaired) electrons. The topological polar surface area (TPSA) is 82.7 Å². The fraction of sp³-hybridized carbons (Fsp3) is 0.348. The number of benzene rings is 2. The van der Waals surface area contributed by atoms with Crippen LogP contribution in [-0.4, -0.2) is 41.6 Å². The lowest BCUT2D eigenvalue weighted by molar-refractivity contribution is -0.127. The van der Waals surface area contributed by atoms with Gasteiger partial charge in [-0.25, -0.2) is 9.18 Å². The normalized spacial score (nSPS) is 14.4. The third kappa shape index (κ3) is 7.38. The Balaban J connectivity index is 1.39. The number of carbonyl (C=O) groups is 2. The van der Waals surface area contributed by atoms with Gasteiger partial charge in [-0.05, 0) is 87.0 Å². The van der Waals surface area contributed by atoms with Crippen molar-refractivity contribution in [3.8, 4) is 0 Å². The van der Waals surface area contributed by atoms with Gasteiger partial charge in [0, 0.05) is 23.2 Å². The van der Waals surface area contributed by atoms with Crippen molar-refractivity contribution in [1.82, 2.24) is 15.8 Å². The molecular weight excluding hydrogens is 467 g/mol. The predicted octanol–water partition coefficient (Wildman–Crippen LogP) is 3.89. The average Bonchev–Trinajstić information content (AvgIpc) is 2.80. The second kappa shape index (κ2) is 11.9. The van der Waals surface area contributed by atoms with E-state index in [-0.39, 0.29) is 28.7 Å². The lowest BCUT2D eigenvalue weighted by atomic mass is 9.96. The van der Waals surface area contributed by atoms with Gasteiger partial charge in [-0.15, -0.1) is 0 Å². The summed E-state index contributed by atoms with van der Waals surface area (Å²) in [5.41, 5.74) is 7.35. The fourth-order valence-electron chi connectivity index (χ4n) is 3.53. The summed E-state index contributed by atoms with van der Waals surface area (Å²) in [6, 6.07) is 11.1. The zero-order valence-corrected chi connectivity index (χ0v) is 19.8. The standard InChI is InChI=1S/C23H26ClFN4O3S/c1-2-32-22(31)16-4-7-19(8-5-16)26-23(33)28-27-21(30)15-9-11-29(12-10-15)14-17-3-6-18(25)13-20(17)24/h3-8,13,15H,2,9-12,14H2,1H3,(H,27,30)(H2,26,28,33). The summed E-state index contributed by atoms with van der Waals surface area (Å²) in [6.45, 7) is 4.16. The highest BCUT2D eigenvalue weighted by Crippen LogP contribution is 2.23. The monoisotopic (exact) mass is 492 g/mol. The summed E-state index contributed by atoms with van der Waals surface area (Å²) >= 11 is 11.3. The Hall–Kier alpha value is -2.75. The molecule has 0 atom stereocenters. The van der Waals surface area contributed by atoms with Crippen LogP contribution >= 0.6 is 23.8 Å². The van der Waals surface area contributed by atoms with E-state index in [1.807, 2.05) is 0 Å². The Bertz CT molecular complexity index is 998. The molecule has 10 heteroatoms. The molecule has 2 aromatic carbocycles. The lowest BCUT2D eigenvalue weighted by Gasteiger charge is -2.31.